The van der Waals surface area contributed by atoms with Crippen LogP contribution in [0.1, 0.15) is 37.7 Å². The van der Waals surface area contributed by atoms with Crippen molar-refractivity contribution < 1.29 is 4.79 Å². The van der Waals surface area contributed by atoms with Gasteiger partial charge in [-0.1, -0.05) is 43.7 Å². The van der Waals surface area contributed by atoms with Crippen LogP contribution < -0.4 is 11.3 Å². The van der Waals surface area contributed by atoms with Crippen LogP contribution in [-0.4, -0.2) is 30.4 Å². The van der Waals surface area contributed by atoms with Gasteiger partial charge in [0, 0.05) is 13.1 Å². The maximum Gasteiger partial charge on any atom is 0.242 e. The van der Waals surface area contributed by atoms with Crippen molar-refractivity contribution in [1.29, 1.82) is 0 Å². The number of hydrogen-bond acceptors (Lipinski definition) is 3. The number of nitrogens with one attached hydrogen (secondary N) is 1. The number of nitrogens with two attached hydrogens (primary N) is 1. The average molecular weight is 275 g/mol. The van der Waals surface area contributed by atoms with Gasteiger partial charge < -0.3 is 4.90 Å². The lowest BCUT2D eigenvalue weighted by Crippen LogP contribution is -2.40. The number of carbonyl (C=O) groups excluding carboxylic acids is 1. The summed E-state index contributed by atoms with van der Waals surface area (Å²) in [5.41, 5.74) is 3.34. The van der Waals surface area contributed by atoms with E-state index in [1.54, 1.807) is 0 Å². The van der Waals surface area contributed by atoms with Crippen LogP contribution in [-0.2, 0) is 4.79 Å². The number of rotatable bonds is 6. The molecule has 2 unspecified atom stereocenters. The molecular weight excluding hydrogens is 250 g/mol. The maximum atomic E-state index is 12.0. The van der Waals surface area contributed by atoms with Crippen LogP contribution in [0.3, 0.4) is 0 Å². The van der Waals surface area contributed by atoms with Crippen molar-refractivity contribution >= 4 is 5.91 Å². The highest BCUT2D eigenvalue weighted by atomic mass is 16.2. The summed E-state index contributed by atoms with van der Waals surface area (Å²) in [5.74, 6) is 5.85. The zero-order valence-corrected chi connectivity index (χ0v) is 12.2. The van der Waals surface area contributed by atoms with E-state index in [2.05, 4.69) is 17.2 Å². The topological polar surface area (TPSA) is 58.4 Å². The molecule has 1 amide bonds. The second-order valence-electron chi connectivity index (χ2n) is 5.67. The molecule has 1 aromatic carbocycles. The normalized spacial score (nSPS) is 20.8. The molecule has 2 rings (SSSR count). The number of carbonyl (C=O) groups is 1. The van der Waals surface area contributed by atoms with Gasteiger partial charge in [-0.15, -0.1) is 0 Å². The van der Waals surface area contributed by atoms with E-state index < -0.39 is 0 Å². The van der Waals surface area contributed by atoms with Gasteiger partial charge in [-0.3, -0.25) is 10.2 Å². The van der Waals surface area contributed by atoms with Gasteiger partial charge in [-0.05, 0) is 30.9 Å². The van der Waals surface area contributed by atoms with E-state index in [4.69, 9.17) is 5.84 Å². The SMILES string of the molecule is CCCC1CCN(CC(C(=O)NN)c2ccccc2)C1. The molecule has 0 aliphatic carbocycles. The van der Waals surface area contributed by atoms with Gasteiger partial charge in [0.2, 0.25) is 5.91 Å². The molecular formula is C16H25N3O. The monoisotopic (exact) mass is 275 g/mol. The summed E-state index contributed by atoms with van der Waals surface area (Å²) in [5, 5.41) is 0. The van der Waals surface area contributed by atoms with E-state index in [1.807, 2.05) is 30.3 Å². The zero-order chi connectivity index (χ0) is 14.4. The summed E-state index contributed by atoms with van der Waals surface area (Å²) in [6.07, 6.45) is 3.78. The molecule has 1 aliphatic heterocycles. The summed E-state index contributed by atoms with van der Waals surface area (Å²) in [7, 11) is 0. The van der Waals surface area contributed by atoms with Crippen molar-refractivity contribution in [3.63, 3.8) is 0 Å². The minimum absolute atomic E-state index is 0.102. The minimum Gasteiger partial charge on any atom is -0.302 e. The van der Waals surface area contributed by atoms with Crippen LogP contribution in [0.25, 0.3) is 0 Å². The summed E-state index contributed by atoms with van der Waals surface area (Å²) < 4.78 is 0. The van der Waals surface area contributed by atoms with Gasteiger partial charge >= 0.3 is 0 Å². The molecule has 0 aromatic heterocycles. The van der Waals surface area contributed by atoms with E-state index in [-0.39, 0.29) is 11.8 Å². The van der Waals surface area contributed by atoms with Crippen molar-refractivity contribution in [3.8, 4) is 0 Å². The Morgan fingerprint density at radius 2 is 2.20 bits per heavy atom. The molecule has 0 saturated carbocycles. The van der Waals surface area contributed by atoms with Crippen LogP contribution in [0, 0.1) is 5.92 Å². The third-order valence-electron chi connectivity index (χ3n) is 4.17. The average Bonchev–Trinajstić information content (AvgIpc) is 2.93. The third kappa shape index (κ3) is 3.81. The fraction of sp³-hybridized carbons (Fsp3) is 0.562. The van der Waals surface area contributed by atoms with Crippen LogP contribution in [0.2, 0.25) is 0 Å². The summed E-state index contributed by atoms with van der Waals surface area (Å²) in [4.78, 5) is 14.4. The Morgan fingerprint density at radius 1 is 1.45 bits per heavy atom. The Hall–Kier alpha value is -1.39. The molecule has 110 valence electrons. The van der Waals surface area contributed by atoms with E-state index in [0.717, 1.165) is 31.1 Å². The molecule has 0 bridgehead atoms. The largest absolute Gasteiger partial charge is 0.302 e. The predicted octanol–water partition coefficient (Wildman–Crippen LogP) is 1.88. The molecule has 1 saturated heterocycles. The van der Waals surface area contributed by atoms with Crippen LogP contribution in [0.4, 0.5) is 0 Å². The third-order valence-corrected chi connectivity index (χ3v) is 4.17. The second kappa shape index (κ2) is 7.41. The number of amides is 1. The Labute approximate surface area is 121 Å². The van der Waals surface area contributed by atoms with E-state index in [1.165, 1.54) is 19.3 Å². The van der Waals surface area contributed by atoms with Crippen LogP contribution in [0.15, 0.2) is 30.3 Å². The first-order valence-corrected chi connectivity index (χ1v) is 7.52. The Kier molecular flexibility index (Phi) is 5.56. The first kappa shape index (κ1) is 15.0. The molecule has 2 atom stereocenters. The second-order valence-corrected chi connectivity index (χ2v) is 5.67. The number of likely N-dealkylation sites (tertiary alicyclic amines) is 1. The van der Waals surface area contributed by atoms with Gasteiger partial charge in [0.05, 0.1) is 5.92 Å². The standard InChI is InChI=1S/C16H25N3O/c1-2-6-13-9-10-19(11-13)12-15(16(20)18-17)14-7-4-3-5-8-14/h3-5,7-8,13,15H,2,6,9-12,17H2,1H3,(H,18,20). The van der Waals surface area contributed by atoms with Crippen molar-refractivity contribution in [2.75, 3.05) is 19.6 Å². The molecule has 1 aliphatic rings. The van der Waals surface area contributed by atoms with Crippen molar-refractivity contribution in [2.24, 2.45) is 11.8 Å². The van der Waals surface area contributed by atoms with Crippen LogP contribution in [0.5, 0.6) is 0 Å². The van der Waals surface area contributed by atoms with Gasteiger partial charge in [-0.25, -0.2) is 5.84 Å². The van der Waals surface area contributed by atoms with Crippen molar-refractivity contribution in [1.82, 2.24) is 10.3 Å². The number of hydrazine groups is 1. The van der Waals surface area contributed by atoms with Gasteiger partial charge in [-0.2, -0.15) is 0 Å². The van der Waals surface area contributed by atoms with Crippen molar-refractivity contribution in [2.45, 2.75) is 32.1 Å². The Bertz CT molecular complexity index is 421. The first-order valence-electron chi connectivity index (χ1n) is 7.52. The summed E-state index contributed by atoms with van der Waals surface area (Å²) >= 11 is 0. The molecule has 4 nitrogen and oxygen atoms in total. The number of hydrogen-bond donors (Lipinski definition) is 2. The van der Waals surface area contributed by atoms with Crippen LogP contribution >= 0.6 is 0 Å². The molecule has 1 heterocycles. The van der Waals surface area contributed by atoms with Gasteiger partial charge in [0.1, 0.15) is 0 Å². The first-order chi connectivity index (χ1) is 9.74. The van der Waals surface area contributed by atoms with E-state index in [9.17, 15) is 4.79 Å². The quantitative estimate of drug-likeness (QED) is 0.473. The highest BCUT2D eigenvalue weighted by molar-refractivity contribution is 5.83. The molecule has 1 aromatic rings. The molecule has 1 fully saturated rings. The smallest absolute Gasteiger partial charge is 0.242 e. The van der Waals surface area contributed by atoms with E-state index >= 15 is 0 Å². The minimum atomic E-state index is -0.179. The summed E-state index contributed by atoms with van der Waals surface area (Å²) in [6.45, 7) is 5.19. The molecule has 3 N–H and O–H groups in total. The van der Waals surface area contributed by atoms with Gasteiger partial charge in [0.25, 0.3) is 0 Å². The highest BCUT2D eigenvalue weighted by Gasteiger charge is 2.27. The Balaban J connectivity index is 2.01. The van der Waals surface area contributed by atoms with Gasteiger partial charge in [0.15, 0.2) is 0 Å². The number of nitrogens with zero attached hydrogens (tertiary/aromatic N) is 1. The zero-order valence-electron chi connectivity index (χ0n) is 12.2. The Morgan fingerprint density at radius 3 is 2.85 bits per heavy atom. The lowest BCUT2D eigenvalue weighted by molar-refractivity contribution is -0.123. The molecule has 0 spiro atoms. The fourth-order valence-corrected chi connectivity index (χ4v) is 3.11. The lowest BCUT2D eigenvalue weighted by atomic mass is 9.97. The predicted molar refractivity (Wildman–Crippen MR) is 81.0 cm³/mol. The maximum absolute atomic E-state index is 12.0. The fourth-order valence-electron chi connectivity index (χ4n) is 3.11. The van der Waals surface area contributed by atoms with Crippen molar-refractivity contribution in [3.05, 3.63) is 35.9 Å². The molecule has 20 heavy (non-hydrogen) atoms. The highest BCUT2D eigenvalue weighted by Crippen LogP contribution is 2.24. The summed E-state index contributed by atoms with van der Waals surface area (Å²) in [6, 6.07) is 9.90. The van der Waals surface area contributed by atoms with E-state index in [0.29, 0.717) is 0 Å². The molecule has 4 heteroatoms. The lowest BCUT2D eigenvalue weighted by Gasteiger charge is -2.23. The number of benzene rings is 1. The molecule has 0 radical (unpaired) electrons.